The number of hydrogen-bond donors (Lipinski definition) is 1. The minimum Gasteiger partial charge on any atom is -0.444 e. The summed E-state index contributed by atoms with van der Waals surface area (Å²) in [7, 11) is -3.85. The van der Waals surface area contributed by atoms with Gasteiger partial charge in [0.15, 0.2) is 0 Å². The van der Waals surface area contributed by atoms with E-state index in [0.29, 0.717) is 5.56 Å². The number of H-pyrrole nitrogens is 1. The van der Waals surface area contributed by atoms with Crippen LogP contribution >= 0.6 is 0 Å². The van der Waals surface area contributed by atoms with Gasteiger partial charge in [-0.05, 0) is 38.8 Å². The molecule has 1 aromatic heterocycles. The van der Waals surface area contributed by atoms with Crippen LogP contribution in [0.25, 0.3) is 10.9 Å². The van der Waals surface area contributed by atoms with Crippen LogP contribution in [0.1, 0.15) is 38.7 Å². The minimum absolute atomic E-state index is 0.163. The normalized spacial score (nSPS) is 20.7. The maximum Gasteiger partial charge on any atom is 0.410 e. The van der Waals surface area contributed by atoms with Gasteiger partial charge in [0.05, 0.1) is 18.2 Å². The number of hydrogen-bond acceptors (Lipinski definition) is 7. The molecule has 0 aliphatic carbocycles. The Hall–Kier alpha value is -2.66. The predicted octanol–water partition coefficient (Wildman–Crippen LogP) is 2.88. The molecule has 1 N–H and O–H groups in total. The number of amides is 1. The lowest BCUT2D eigenvalue weighted by atomic mass is 9.88. The van der Waals surface area contributed by atoms with Gasteiger partial charge in [-0.3, -0.25) is 14.3 Å². The minimum atomic E-state index is -3.85. The van der Waals surface area contributed by atoms with Crippen LogP contribution in [0, 0.1) is 10.1 Å². The molecule has 11 heteroatoms. The van der Waals surface area contributed by atoms with Crippen molar-refractivity contribution >= 4 is 27.1 Å². The molecule has 1 amide bonds. The summed E-state index contributed by atoms with van der Waals surface area (Å²) in [5, 5.41) is 12.4. The number of benzene rings is 1. The van der Waals surface area contributed by atoms with Crippen molar-refractivity contribution in [2.24, 2.45) is 0 Å². The highest BCUT2D eigenvalue weighted by molar-refractivity contribution is 7.86. The molecular formula is C20H27N3O7S. The summed E-state index contributed by atoms with van der Waals surface area (Å²) in [5.41, 5.74) is 0.625. The lowest BCUT2D eigenvalue weighted by molar-refractivity contribution is -0.484. The monoisotopic (exact) mass is 453 g/mol. The number of carbonyl (C=O) groups is 1. The Morgan fingerprint density at radius 2 is 2.03 bits per heavy atom. The quantitative estimate of drug-likeness (QED) is 0.404. The van der Waals surface area contributed by atoms with E-state index >= 15 is 0 Å². The number of para-hydroxylation sites is 1. The SMILES string of the molecule is CC(C)(C)OC(=O)N1CC[C@H](OS(C)(=O)=O)[C@H]1[C@H](C[N+](=O)[O-])c1c[nH]c2ccccc12. The number of nitrogens with zero attached hydrogens (tertiary/aromatic N) is 2. The number of rotatable bonds is 6. The van der Waals surface area contributed by atoms with Crippen molar-refractivity contribution in [1.29, 1.82) is 0 Å². The number of carbonyl (C=O) groups excluding carboxylic acids is 1. The van der Waals surface area contributed by atoms with Gasteiger partial charge in [-0.1, -0.05) is 18.2 Å². The van der Waals surface area contributed by atoms with Crippen LogP contribution in [-0.2, 0) is 19.0 Å². The average Bonchev–Trinajstić information content (AvgIpc) is 3.21. The Morgan fingerprint density at radius 3 is 2.65 bits per heavy atom. The maximum absolute atomic E-state index is 12.9. The molecule has 0 saturated carbocycles. The van der Waals surface area contributed by atoms with Crippen molar-refractivity contribution in [2.45, 2.75) is 50.9 Å². The Bertz CT molecular complexity index is 1070. The van der Waals surface area contributed by atoms with E-state index in [2.05, 4.69) is 4.98 Å². The summed E-state index contributed by atoms with van der Waals surface area (Å²) in [5.74, 6) is -0.812. The maximum atomic E-state index is 12.9. The average molecular weight is 454 g/mol. The van der Waals surface area contributed by atoms with Crippen molar-refractivity contribution in [3.63, 3.8) is 0 Å². The van der Waals surface area contributed by atoms with E-state index in [1.165, 1.54) is 4.90 Å². The summed E-state index contributed by atoms with van der Waals surface area (Å²) < 4.78 is 34.5. The highest BCUT2D eigenvalue weighted by atomic mass is 32.2. The van der Waals surface area contributed by atoms with Crippen LogP contribution in [-0.4, -0.2) is 66.4 Å². The van der Waals surface area contributed by atoms with Crippen LogP contribution in [0.4, 0.5) is 4.79 Å². The molecule has 2 aromatic rings. The summed E-state index contributed by atoms with van der Waals surface area (Å²) in [4.78, 5) is 28.5. The molecule has 1 fully saturated rings. The first kappa shape index (κ1) is 23.0. The van der Waals surface area contributed by atoms with E-state index in [1.54, 1.807) is 27.0 Å². The zero-order valence-electron chi connectivity index (χ0n) is 17.9. The van der Waals surface area contributed by atoms with Crippen LogP contribution in [0.5, 0.6) is 0 Å². The molecule has 1 aliphatic rings. The van der Waals surface area contributed by atoms with E-state index in [9.17, 15) is 23.3 Å². The molecular weight excluding hydrogens is 426 g/mol. The van der Waals surface area contributed by atoms with Gasteiger partial charge in [-0.25, -0.2) is 4.79 Å². The Morgan fingerprint density at radius 1 is 1.35 bits per heavy atom. The molecule has 1 aromatic carbocycles. The van der Waals surface area contributed by atoms with Crippen LogP contribution in [0.3, 0.4) is 0 Å². The van der Waals surface area contributed by atoms with Gasteiger partial charge in [0.25, 0.3) is 10.1 Å². The third kappa shape index (κ3) is 5.53. The molecule has 0 spiro atoms. The van der Waals surface area contributed by atoms with E-state index < -0.39 is 51.3 Å². The highest BCUT2D eigenvalue weighted by Crippen LogP contribution is 2.37. The van der Waals surface area contributed by atoms with Crippen molar-refractivity contribution in [1.82, 2.24) is 9.88 Å². The first-order valence-corrected chi connectivity index (χ1v) is 11.7. The third-order valence-electron chi connectivity index (χ3n) is 5.10. The number of nitrogens with one attached hydrogen (secondary N) is 1. The summed E-state index contributed by atoms with van der Waals surface area (Å²) in [6, 6.07) is 6.42. The van der Waals surface area contributed by atoms with Crippen molar-refractivity contribution in [2.75, 3.05) is 19.3 Å². The first-order valence-electron chi connectivity index (χ1n) is 9.91. The zero-order chi connectivity index (χ0) is 23.0. The molecule has 0 radical (unpaired) electrons. The number of likely N-dealkylation sites (tertiary alicyclic amines) is 1. The molecule has 0 bridgehead atoms. The Kier molecular flexibility index (Phi) is 6.28. The molecule has 1 aliphatic heterocycles. The molecule has 3 rings (SSSR count). The third-order valence-corrected chi connectivity index (χ3v) is 5.70. The van der Waals surface area contributed by atoms with Gasteiger partial charge in [0.1, 0.15) is 11.7 Å². The van der Waals surface area contributed by atoms with E-state index in [0.717, 1.165) is 17.2 Å². The predicted molar refractivity (Wildman–Crippen MR) is 114 cm³/mol. The van der Waals surface area contributed by atoms with Crippen LogP contribution in [0.15, 0.2) is 30.5 Å². The number of nitro groups is 1. The zero-order valence-corrected chi connectivity index (χ0v) is 18.7. The smallest absolute Gasteiger partial charge is 0.410 e. The standard InChI is InChI=1S/C20H27N3O7S/c1-20(2,3)29-19(24)22-10-9-17(30-31(4,27)28)18(22)15(12-23(25)26)14-11-21-16-8-6-5-7-13(14)16/h5-8,11,15,17-18,21H,9-10,12H2,1-4H3/t15-,17+,18-/m1/s1. The summed E-state index contributed by atoms with van der Waals surface area (Å²) in [6.07, 6.45) is 1.22. The molecule has 3 atom stereocenters. The van der Waals surface area contributed by atoms with E-state index in [1.807, 2.05) is 24.3 Å². The highest BCUT2D eigenvalue weighted by Gasteiger charge is 2.48. The van der Waals surface area contributed by atoms with Crippen LogP contribution in [0.2, 0.25) is 0 Å². The van der Waals surface area contributed by atoms with Gasteiger partial charge >= 0.3 is 6.09 Å². The van der Waals surface area contributed by atoms with Crippen molar-refractivity contribution in [3.8, 4) is 0 Å². The number of aromatic nitrogens is 1. The molecule has 1 saturated heterocycles. The number of ether oxygens (including phenoxy) is 1. The number of fused-ring (bicyclic) bond motifs is 1. The fourth-order valence-corrected chi connectivity index (χ4v) is 4.74. The summed E-state index contributed by atoms with van der Waals surface area (Å²) in [6.45, 7) is 4.81. The molecule has 2 heterocycles. The van der Waals surface area contributed by atoms with Gasteiger partial charge < -0.3 is 14.6 Å². The largest absolute Gasteiger partial charge is 0.444 e. The van der Waals surface area contributed by atoms with Gasteiger partial charge in [-0.15, -0.1) is 0 Å². The van der Waals surface area contributed by atoms with E-state index in [4.69, 9.17) is 8.92 Å². The topological polar surface area (TPSA) is 132 Å². The fraction of sp³-hybridized carbons (Fsp3) is 0.550. The van der Waals surface area contributed by atoms with Crippen molar-refractivity contribution < 1.29 is 27.1 Å². The second kappa shape index (κ2) is 8.46. The van der Waals surface area contributed by atoms with Crippen molar-refractivity contribution in [3.05, 3.63) is 46.1 Å². The first-order chi connectivity index (χ1) is 14.4. The number of aromatic amines is 1. The molecule has 31 heavy (non-hydrogen) atoms. The molecule has 10 nitrogen and oxygen atoms in total. The fourth-order valence-electron chi connectivity index (χ4n) is 4.08. The Labute approximate surface area is 180 Å². The second-order valence-corrected chi connectivity index (χ2v) is 10.3. The lowest BCUT2D eigenvalue weighted by Gasteiger charge is -2.33. The Balaban J connectivity index is 2.08. The second-order valence-electron chi connectivity index (χ2n) is 8.70. The van der Waals surface area contributed by atoms with Gasteiger partial charge in [-0.2, -0.15) is 8.42 Å². The van der Waals surface area contributed by atoms with Gasteiger partial charge in [0, 0.05) is 28.6 Å². The molecule has 0 unspecified atom stereocenters. The summed E-state index contributed by atoms with van der Waals surface area (Å²) >= 11 is 0. The lowest BCUT2D eigenvalue weighted by Crippen LogP contribution is -2.48. The van der Waals surface area contributed by atoms with Gasteiger partial charge in [0.2, 0.25) is 6.54 Å². The molecule has 170 valence electrons. The van der Waals surface area contributed by atoms with E-state index in [-0.39, 0.29) is 13.0 Å². The van der Waals surface area contributed by atoms with Crippen LogP contribution < -0.4 is 0 Å².